The van der Waals surface area contributed by atoms with Crippen LogP contribution in [0.3, 0.4) is 0 Å². The van der Waals surface area contributed by atoms with Gasteiger partial charge in [0.2, 0.25) is 0 Å². The smallest absolute Gasteiger partial charge is 0.336 e. The van der Waals surface area contributed by atoms with Crippen molar-refractivity contribution < 1.29 is 57.9 Å². The van der Waals surface area contributed by atoms with Gasteiger partial charge in [0.15, 0.2) is 11.5 Å². The number of carbonyl (C=O) groups excluding carboxylic acids is 1. The van der Waals surface area contributed by atoms with Gasteiger partial charge in [-0.3, -0.25) is 13.9 Å². The summed E-state index contributed by atoms with van der Waals surface area (Å²) in [6.07, 6.45) is -1.49. The van der Waals surface area contributed by atoms with Crippen molar-refractivity contribution in [3.8, 4) is 56.9 Å². The summed E-state index contributed by atoms with van der Waals surface area (Å²) < 4.78 is 37.9. The van der Waals surface area contributed by atoms with Gasteiger partial charge in [0.05, 0.1) is 37.9 Å². The average Bonchev–Trinajstić information content (AvgIpc) is 3.38. The molecule has 0 amide bonds. The maximum absolute atomic E-state index is 11.8. The number of esters is 1. The summed E-state index contributed by atoms with van der Waals surface area (Å²) in [5, 5.41) is 20.0. The average molecular weight is 634 g/mol. The van der Waals surface area contributed by atoms with Crippen LogP contribution in [0.25, 0.3) is 33.9 Å². The van der Waals surface area contributed by atoms with Crippen LogP contribution in [0.5, 0.6) is 23.0 Å². The van der Waals surface area contributed by atoms with Crippen molar-refractivity contribution in [2.75, 3.05) is 26.0 Å². The molecule has 0 unspecified atom stereocenters. The Bertz CT molecular complexity index is 1670. The molecule has 1 aromatic heterocycles. The lowest BCUT2D eigenvalue weighted by Gasteiger charge is -2.09. The molecule has 0 saturated carbocycles. The topological polar surface area (TPSA) is 229 Å². The molecular formula is C27H28N2O12P2. The van der Waals surface area contributed by atoms with E-state index in [2.05, 4.69) is 4.98 Å². The number of rotatable bonds is 12. The second kappa shape index (κ2) is 13.1. The highest BCUT2D eigenvalue weighted by molar-refractivity contribution is 7.52. The van der Waals surface area contributed by atoms with Crippen LogP contribution in [0.1, 0.15) is 5.56 Å². The predicted molar refractivity (Wildman–Crippen MR) is 154 cm³/mol. The van der Waals surface area contributed by atoms with Gasteiger partial charge in [-0.1, -0.05) is 0 Å². The van der Waals surface area contributed by atoms with E-state index >= 15 is 0 Å². The molecular weight excluding hydrogens is 606 g/mol. The standard InChI is InChI=1S/C27H28N2O12P2/c1-39-22-13-18(12-19(14-30)26(22)32)27-28-24(16-2-6-20(7-3-16)40-10-11-42(33,34)35)25(29-27)17-4-8-21(9-5-17)41-23(31)15-43(36,37)38/h2-9,12-13,30,32H,10-11,14-15H2,1H3,(H,28,29)(H2,33,34,35)(H2,36,37,38). The highest BCUT2D eigenvalue weighted by Gasteiger charge is 2.22. The van der Waals surface area contributed by atoms with Crippen molar-refractivity contribution in [2.24, 2.45) is 0 Å². The number of aromatic hydroxyl groups is 1. The van der Waals surface area contributed by atoms with Crippen molar-refractivity contribution in [2.45, 2.75) is 6.61 Å². The number of aromatic nitrogens is 2. The van der Waals surface area contributed by atoms with Crippen LogP contribution in [-0.2, 0) is 20.5 Å². The van der Waals surface area contributed by atoms with Gasteiger partial charge in [0, 0.05) is 22.3 Å². The number of aliphatic hydroxyl groups excluding tert-OH is 1. The number of hydrogen-bond donors (Lipinski definition) is 7. The molecule has 14 nitrogen and oxygen atoms in total. The third-order valence-electron chi connectivity index (χ3n) is 6.01. The first-order valence-corrected chi connectivity index (χ1v) is 16.1. The third kappa shape index (κ3) is 8.53. The fourth-order valence-electron chi connectivity index (χ4n) is 4.02. The molecule has 4 rings (SSSR count). The van der Waals surface area contributed by atoms with Gasteiger partial charge in [-0.15, -0.1) is 0 Å². The van der Waals surface area contributed by atoms with Crippen LogP contribution >= 0.6 is 15.2 Å². The minimum atomic E-state index is -4.59. The first kappa shape index (κ1) is 31.9. The maximum Gasteiger partial charge on any atom is 0.336 e. The molecule has 0 radical (unpaired) electrons. The van der Waals surface area contributed by atoms with E-state index in [9.17, 15) is 24.1 Å². The SMILES string of the molecule is COc1cc(-c2nc(-c3ccc(OCCP(=O)(O)O)cc3)c(-c3ccc(OC(=O)CP(=O)(O)O)cc3)[nH]2)cc(CO)c1O. The zero-order chi connectivity index (χ0) is 31.4. The number of nitrogens with zero attached hydrogens (tertiary/aromatic N) is 1. The first-order valence-electron chi connectivity index (χ1n) is 12.5. The number of aliphatic hydroxyl groups is 1. The van der Waals surface area contributed by atoms with E-state index in [1.54, 1.807) is 48.5 Å². The number of benzene rings is 3. The summed E-state index contributed by atoms with van der Waals surface area (Å²) in [4.78, 5) is 55.9. The van der Waals surface area contributed by atoms with Crippen molar-refractivity contribution in [1.29, 1.82) is 0 Å². The number of H-pyrrole nitrogens is 1. The minimum Gasteiger partial charge on any atom is -0.504 e. The predicted octanol–water partition coefficient (Wildman–Crippen LogP) is 3.26. The van der Waals surface area contributed by atoms with Gasteiger partial charge in [-0.25, -0.2) is 4.98 Å². The lowest BCUT2D eigenvalue weighted by atomic mass is 10.0. The molecule has 228 valence electrons. The van der Waals surface area contributed by atoms with E-state index < -0.39 is 40.1 Å². The molecule has 7 N–H and O–H groups in total. The number of imidazole rings is 1. The summed E-state index contributed by atoms with van der Waals surface area (Å²) in [7, 11) is -7.42. The van der Waals surface area contributed by atoms with E-state index in [4.69, 9.17) is 38.8 Å². The zero-order valence-electron chi connectivity index (χ0n) is 22.6. The quantitative estimate of drug-likeness (QED) is 0.0675. The van der Waals surface area contributed by atoms with Gasteiger partial charge < -0.3 is 49.0 Å². The lowest BCUT2D eigenvalue weighted by molar-refractivity contribution is -0.131. The molecule has 0 saturated heterocycles. The van der Waals surface area contributed by atoms with Gasteiger partial charge in [-0.2, -0.15) is 0 Å². The van der Waals surface area contributed by atoms with Crippen LogP contribution in [0.2, 0.25) is 0 Å². The summed E-state index contributed by atoms with van der Waals surface area (Å²) in [5.41, 5.74) is 2.93. The Morgan fingerprint density at radius 1 is 0.884 bits per heavy atom. The Morgan fingerprint density at radius 2 is 1.51 bits per heavy atom. The van der Waals surface area contributed by atoms with E-state index in [0.29, 0.717) is 39.7 Å². The normalized spacial score (nSPS) is 11.8. The summed E-state index contributed by atoms with van der Waals surface area (Å²) in [6.45, 7) is -0.634. The van der Waals surface area contributed by atoms with E-state index in [1.807, 2.05) is 0 Å². The number of phenols is 1. The Kier molecular flexibility index (Phi) is 9.73. The Morgan fingerprint density at radius 3 is 2.09 bits per heavy atom. The molecule has 0 fully saturated rings. The molecule has 0 atom stereocenters. The van der Waals surface area contributed by atoms with Crippen LogP contribution in [0.4, 0.5) is 0 Å². The van der Waals surface area contributed by atoms with Crippen LogP contribution in [0.15, 0.2) is 60.7 Å². The highest BCUT2D eigenvalue weighted by Crippen LogP contribution is 2.39. The number of ether oxygens (including phenoxy) is 3. The van der Waals surface area contributed by atoms with Crippen LogP contribution < -0.4 is 14.2 Å². The van der Waals surface area contributed by atoms with Crippen molar-refractivity contribution in [3.63, 3.8) is 0 Å². The maximum atomic E-state index is 11.8. The second-order valence-corrected chi connectivity index (χ2v) is 12.7. The zero-order valence-corrected chi connectivity index (χ0v) is 24.4. The number of methoxy groups -OCH3 is 1. The number of hydrogen-bond acceptors (Lipinski definition) is 9. The number of nitrogens with one attached hydrogen (secondary N) is 1. The van der Waals surface area contributed by atoms with Crippen molar-refractivity contribution in [1.82, 2.24) is 9.97 Å². The molecule has 0 bridgehead atoms. The molecule has 4 aromatic rings. The summed E-state index contributed by atoms with van der Waals surface area (Å²) in [5.74, 6) is -0.368. The fraction of sp³-hybridized carbons (Fsp3) is 0.185. The Hall–Kier alpha value is -4.00. The molecule has 3 aromatic carbocycles. The molecule has 0 aliphatic heterocycles. The monoisotopic (exact) mass is 634 g/mol. The third-order valence-corrected chi connectivity index (χ3v) is 7.45. The van der Waals surface area contributed by atoms with Gasteiger partial charge in [-0.05, 0) is 60.7 Å². The van der Waals surface area contributed by atoms with E-state index in [1.165, 1.54) is 19.2 Å². The van der Waals surface area contributed by atoms with Gasteiger partial charge >= 0.3 is 21.2 Å². The lowest BCUT2D eigenvalue weighted by Crippen LogP contribution is -2.13. The molecule has 1 heterocycles. The molecule has 0 aliphatic carbocycles. The first-order chi connectivity index (χ1) is 20.3. The summed E-state index contributed by atoms with van der Waals surface area (Å²) >= 11 is 0. The van der Waals surface area contributed by atoms with Crippen LogP contribution in [0, 0.1) is 0 Å². The Labute approximate surface area is 244 Å². The Balaban J connectivity index is 1.71. The molecule has 43 heavy (non-hydrogen) atoms. The molecule has 16 heteroatoms. The van der Waals surface area contributed by atoms with Gasteiger partial charge in [0.25, 0.3) is 0 Å². The molecule has 0 aliphatic rings. The summed E-state index contributed by atoms with van der Waals surface area (Å²) in [6, 6.07) is 15.8. The molecule has 0 spiro atoms. The number of aromatic amines is 1. The van der Waals surface area contributed by atoms with Crippen LogP contribution in [-0.4, -0.2) is 71.8 Å². The highest BCUT2D eigenvalue weighted by atomic mass is 31.2. The minimum absolute atomic E-state index is 0.0659. The van der Waals surface area contributed by atoms with E-state index in [0.717, 1.165) is 0 Å². The van der Waals surface area contributed by atoms with Gasteiger partial charge in [0.1, 0.15) is 23.5 Å². The van der Waals surface area contributed by atoms with Crippen molar-refractivity contribution in [3.05, 3.63) is 66.2 Å². The van der Waals surface area contributed by atoms with Crippen molar-refractivity contribution >= 4 is 21.2 Å². The largest absolute Gasteiger partial charge is 0.504 e. The number of carbonyl (C=O) groups is 1. The second-order valence-electron chi connectivity index (χ2n) is 9.24. The van der Waals surface area contributed by atoms with E-state index in [-0.39, 0.29) is 29.4 Å². The fourth-order valence-corrected chi connectivity index (χ4v) is 4.75.